The van der Waals surface area contributed by atoms with Crippen LogP contribution in [0.1, 0.15) is 34.2 Å². The lowest BCUT2D eigenvalue weighted by atomic mass is 10.0. The van der Waals surface area contributed by atoms with E-state index in [2.05, 4.69) is 15.5 Å². The molecule has 0 bridgehead atoms. The number of halogens is 1. The molecule has 1 N–H and O–H groups in total. The quantitative estimate of drug-likeness (QED) is 0.768. The minimum Gasteiger partial charge on any atom is -0.493 e. The summed E-state index contributed by atoms with van der Waals surface area (Å²) in [6.07, 6.45) is 0.713. The zero-order valence-corrected chi connectivity index (χ0v) is 14.9. The predicted molar refractivity (Wildman–Crippen MR) is 97.9 cm³/mol. The highest BCUT2D eigenvalue weighted by Crippen LogP contribution is 2.31. The zero-order chi connectivity index (χ0) is 18.1. The van der Waals surface area contributed by atoms with E-state index in [1.54, 1.807) is 19.1 Å². The number of para-hydroxylation sites is 1. The molecule has 1 aromatic heterocycles. The maximum Gasteiger partial charge on any atom is 0.274 e. The number of hydrogen-bond donors (Lipinski definition) is 1. The summed E-state index contributed by atoms with van der Waals surface area (Å²) in [6, 6.07) is 14.8. The first kappa shape index (κ1) is 16.6. The average Bonchev–Trinajstić information content (AvgIpc) is 3.04. The summed E-state index contributed by atoms with van der Waals surface area (Å²) in [4.78, 5) is 14.2. The number of carbonyl (C=O) groups excluding carboxylic acids is 1. The fraction of sp³-hybridized carbons (Fsp3) is 0.211. The van der Waals surface area contributed by atoms with Crippen LogP contribution in [-0.4, -0.2) is 27.5 Å². The van der Waals surface area contributed by atoms with Crippen molar-refractivity contribution in [3.05, 3.63) is 70.5 Å². The molecule has 0 aliphatic carbocycles. The third-order valence-corrected chi connectivity index (χ3v) is 4.54. The Labute approximate surface area is 155 Å². The monoisotopic (exact) mass is 368 g/mol. The highest BCUT2D eigenvalue weighted by atomic mass is 35.5. The summed E-state index contributed by atoms with van der Waals surface area (Å²) in [7, 11) is 0. The molecule has 2 aromatic carbocycles. The molecule has 0 unspecified atom stereocenters. The van der Waals surface area contributed by atoms with E-state index in [1.165, 1.54) is 4.80 Å². The second-order valence-electron chi connectivity index (χ2n) is 6.10. The van der Waals surface area contributed by atoms with Crippen LogP contribution in [0.25, 0.3) is 5.69 Å². The van der Waals surface area contributed by atoms with E-state index < -0.39 is 0 Å². The Kier molecular flexibility index (Phi) is 4.34. The molecule has 0 spiro atoms. The van der Waals surface area contributed by atoms with Crippen LogP contribution >= 0.6 is 11.6 Å². The van der Waals surface area contributed by atoms with Crippen molar-refractivity contribution in [1.29, 1.82) is 0 Å². The fourth-order valence-electron chi connectivity index (χ4n) is 3.02. The minimum atomic E-state index is -0.252. The molecular formula is C19H17ClN4O2. The number of hydrogen-bond acceptors (Lipinski definition) is 4. The van der Waals surface area contributed by atoms with E-state index in [-0.39, 0.29) is 11.9 Å². The number of aromatic nitrogens is 3. The van der Waals surface area contributed by atoms with Gasteiger partial charge >= 0.3 is 0 Å². The van der Waals surface area contributed by atoms with Crippen molar-refractivity contribution in [2.24, 2.45) is 0 Å². The molecule has 0 saturated heterocycles. The maximum atomic E-state index is 12.8. The third kappa shape index (κ3) is 3.15. The van der Waals surface area contributed by atoms with Crippen LogP contribution in [0, 0.1) is 6.92 Å². The van der Waals surface area contributed by atoms with Crippen LogP contribution in [0.2, 0.25) is 5.02 Å². The van der Waals surface area contributed by atoms with Gasteiger partial charge < -0.3 is 10.1 Å². The fourth-order valence-corrected chi connectivity index (χ4v) is 3.21. The molecule has 132 valence electrons. The predicted octanol–water partition coefficient (Wildman–Crippen LogP) is 3.48. The molecule has 3 aromatic rings. The Hall–Kier alpha value is -2.86. The van der Waals surface area contributed by atoms with E-state index in [0.29, 0.717) is 35.1 Å². The molecule has 1 aliphatic rings. The molecular weight excluding hydrogens is 352 g/mol. The van der Waals surface area contributed by atoms with Gasteiger partial charge in [0.05, 0.1) is 24.0 Å². The van der Waals surface area contributed by atoms with Crippen LogP contribution in [0.15, 0.2) is 48.5 Å². The normalized spacial score (nSPS) is 15.8. The number of amides is 1. The van der Waals surface area contributed by atoms with Crippen molar-refractivity contribution in [2.45, 2.75) is 19.4 Å². The summed E-state index contributed by atoms with van der Waals surface area (Å²) in [5.74, 6) is 0.556. The summed E-state index contributed by atoms with van der Waals surface area (Å²) >= 11 is 6.02. The standard InChI is InChI=1S/C19H17ClN4O2/c1-12-18(23-24(22-12)14-6-4-5-13(20)11-14)19(25)21-16-9-10-26-17-8-3-2-7-15(16)17/h2-8,11,16H,9-10H2,1H3,(H,21,25)/t16-/m1/s1. The first-order chi connectivity index (χ1) is 12.6. The Morgan fingerprint density at radius 2 is 2.08 bits per heavy atom. The highest BCUT2D eigenvalue weighted by Gasteiger charge is 2.25. The van der Waals surface area contributed by atoms with Crippen molar-refractivity contribution in [3.63, 3.8) is 0 Å². The first-order valence-corrected chi connectivity index (χ1v) is 8.72. The molecule has 0 radical (unpaired) electrons. The summed E-state index contributed by atoms with van der Waals surface area (Å²) in [5, 5.41) is 12.3. The van der Waals surface area contributed by atoms with E-state index in [1.807, 2.05) is 36.4 Å². The van der Waals surface area contributed by atoms with Crippen LogP contribution < -0.4 is 10.1 Å². The zero-order valence-electron chi connectivity index (χ0n) is 14.1. The molecule has 1 atom stereocenters. The van der Waals surface area contributed by atoms with Gasteiger partial charge in [-0.2, -0.15) is 9.90 Å². The smallest absolute Gasteiger partial charge is 0.274 e. The van der Waals surface area contributed by atoms with Gasteiger partial charge in [0.25, 0.3) is 5.91 Å². The first-order valence-electron chi connectivity index (χ1n) is 8.34. The number of ether oxygens (including phenoxy) is 1. The van der Waals surface area contributed by atoms with E-state index in [9.17, 15) is 4.79 Å². The molecule has 1 aliphatic heterocycles. The Bertz CT molecular complexity index is 970. The lowest BCUT2D eigenvalue weighted by molar-refractivity contribution is 0.0918. The number of nitrogens with zero attached hydrogens (tertiary/aromatic N) is 3. The molecule has 1 amide bonds. The average molecular weight is 369 g/mol. The van der Waals surface area contributed by atoms with Crippen LogP contribution in [0.4, 0.5) is 0 Å². The number of aryl methyl sites for hydroxylation is 1. The number of benzene rings is 2. The van der Waals surface area contributed by atoms with Gasteiger partial charge in [0.15, 0.2) is 5.69 Å². The Morgan fingerprint density at radius 1 is 1.23 bits per heavy atom. The van der Waals surface area contributed by atoms with Crippen molar-refractivity contribution in [3.8, 4) is 11.4 Å². The van der Waals surface area contributed by atoms with Gasteiger partial charge in [0.1, 0.15) is 5.75 Å². The Balaban J connectivity index is 1.58. The SMILES string of the molecule is Cc1nn(-c2cccc(Cl)c2)nc1C(=O)N[C@@H]1CCOc2ccccc21. The number of nitrogens with one attached hydrogen (secondary N) is 1. The summed E-state index contributed by atoms with van der Waals surface area (Å²) in [5.41, 5.74) is 2.54. The molecule has 0 saturated carbocycles. The largest absolute Gasteiger partial charge is 0.493 e. The minimum absolute atomic E-state index is 0.108. The molecule has 6 nitrogen and oxygen atoms in total. The number of carbonyl (C=O) groups is 1. The lowest BCUT2D eigenvalue weighted by Crippen LogP contribution is -2.32. The third-order valence-electron chi connectivity index (χ3n) is 4.30. The second kappa shape index (κ2) is 6.80. The lowest BCUT2D eigenvalue weighted by Gasteiger charge is -2.26. The van der Waals surface area contributed by atoms with Gasteiger partial charge in [-0.25, -0.2) is 0 Å². The number of fused-ring (bicyclic) bond motifs is 1. The van der Waals surface area contributed by atoms with E-state index in [4.69, 9.17) is 16.3 Å². The van der Waals surface area contributed by atoms with Gasteiger partial charge in [-0.3, -0.25) is 4.79 Å². The van der Waals surface area contributed by atoms with Gasteiger partial charge in [0.2, 0.25) is 0 Å². The maximum absolute atomic E-state index is 12.8. The van der Waals surface area contributed by atoms with E-state index >= 15 is 0 Å². The van der Waals surface area contributed by atoms with Crippen LogP contribution in [0.5, 0.6) is 5.75 Å². The van der Waals surface area contributed by atoms with Gasteiger partial charge in [-0.1, -0.05) is 35.9 Å². The van der Waals surface area contributed by atoms with Crippen LogP contribution in [0.3, 0.4) is 0 Å². The van der Waals surface area contributed by atoms with Gasteiger partial charge in [0, 0.05) is 17.0 Å². The molecule has 0 fully saturated rings. The van der Waals surface area contributed by atoms with Crippen LogP contribution in [-0.2, 0) is 0 Å². The molecule has 4 rings (SSSR count). The van der Waals surface area contributed by atoms with Crippen molar-refractivity contribution < 1.29 is 9.53 Å². The molecule has 2 heterocycles. The second-order valence-corrected chi connectivity index (χ2v) is 6.54. The topological polar surface area (TPSA) is 69.0 Å². The van der Waals surface area contributed by atoms with E-state index in [0.717, 1.165) is 11.3 Å². The molecule has 7 heteroatoms. The van der Waals surface area contributed by atoms with Crippen molar-refractivity contribution >= 4 is 17.5 Å². The highest BCUT2D eigenvalue weighted by molar-refractivity contribution is 6.30. The number of rotatable bonds is 3. The Morgan fingerprint density at radius 3 is 2.92 bits per heavy atom. The summed E-state index contributed by atoms with van der Waals surface area (Å²) < 4.78 is 5.64. The van der Waals surface area contributed by atoms with Gasteiger partial charge in [-0.15, -0.1) is 5.10 Å². The molecule has 26 heavy (non-hydrogen) atoms. The van der Waals surface area contributed by atoms with Gasteiger partial charge in [-0.05, 0) is 31.2 Å². The van der Waals surface area contributed by atoms with Crippen molar-refractivity contribution in [2.75, 3.05) is 6.61 Å². The summed E-state index contributed by atoms with van der Waals surface area (Å²) in [6.45, 7) is 2.33. The van der Waals surface area contributed by atoms with Crippen molar-refractivity contribution in [1.82, 2.24) is 20.3 Å².